The molecule has 0 N–H and O–H groups in total. The minimum absolute atomic E-state index is 0.473. The largest absolute Gasteiger partial charge is 0.0680 e. The van der Waals surface area contributed by atoms with E-state index in [1.54, 1.807) is 16.7 Å². The molecule has 1 aliphatic carbocycles. The van der Waals surface area contributed by atoms with Gasteiger partial charge < -0.3 is 0 Å². The summed E-state index contributed by atoms with van der Waals surface area (Å²) in [6.07, 6.45) is 4.20. The molecule has 0 heterocycles. The number of benzene rings is 1. The topological polar surface area (TPSA) is 0 Å². The summed E-state index contributed by atoms with van der Waals surface area (Å²) in [5, 5.41) is 0. The van der Waals surface area contributed by atoms with Crippen molar-refractivity contribution in [3.63, 3.8) is 0 Å². The SMILES string of the molecule is CC[SiH](CC)[C@H]1CCc2c(cccc2C(C)C)C1. The minimum Gasteiger partial charge on any atom is -0.0680 e. The fourth-order valence-electron chi connectivity index (χ4n) is 3.76. The zero-order chi connectivity index (χ0) is 13.1. The molecule has 0 saturated carbocycles. The van der Waals surface area contributed by atoms with Crippen LogP contribution >= 0.6 is 0 Å². The lowest BCUT2D eigenvalue weighted by molar-refractivity contribution is 0.653. The van der Waals surface area contributed by atoms with Crippen molar-refractivity contribution in [3.8, 4) is 0 Å². The quantitative estimate of drug-likeness (QED) is 0.673. The van der Waals surface area contributed by atoms with Gasteiger partial charge in [-0.05, 0) is 47.4 Å². The third-order valence-corrected chi connectivity index (χ3v) is 8.89. The second-order valence-electron chi connectivity index (χ2n) is 6.22. The van der Waals surface area contributed by atoms with E-state index in [0.29, 0.717) is 5.92 Å². The Morgan fingerprint density at radius 3 is 2.56 bits per heavy atom. The van der Waals surface area contributed by atoms with Gasteiger partial charge in [0.15, 0.2) is 0 Å². The Kier molecular flexibility index (Phi) is 4.66. The predicted molar refractivity (Wildman–Crippen MR) is 84.4 cm³/mol. The lowest BCUT2D eigenvalue weighted by Crippen LogP contribution is -2.25. The molecule has 1 heteroatoms. The lowest BCUT2D eigenvalue weighted by Gasteiger charge is -2.31. The molecule has 100 valence electrons. The molecule has 0 spiro atoms. The van der Waals surface area contributed by atoms with Gasteiger partial charge in [-0.15, -0.1) is 0 Å². The Hall–Kier alpha value is -0.563. The summed E-state index contributed by atoms with van der Waals surface area (Å²) >= 11 is 0. The molecule has 0 aromatic heterocycles. The van der Waals surface area contributed by atoms with E-state index < -0.39 is 8.80 Å². The Labute approximate surface area is 114 Å². The van der Waals surface area contributed by atoms with Gasteiger partial charge in [-0.1, -0.05) is 58.0 Å². The molecule has 0 aliphatic heterocycles. The van der Waals surface area contributed by atoms with Crippen LogP contribution in [0.4, 0.5) is 0 Å². The Bertz CT molecular complexity index is 391. The molecular weight excluding hydrogens is 232 g/mol. The van der Waals surface area contributed by atoms with Crippen molar-refractivity contribution in [2.45, 2.75) is 70.5 Å². The maximum absolute atomic E-state index is 2.42. The van der Waals surface area contributed by atoms with Gasteiger partial charge in [0.25, 0.3) is 0 Å². The van der Waals surface area contributed by atoms with E-state index in [0.717, 1.165) is 5.54 Å². The maximum atomic E-state index is 2.42. The second kappa shape index (κ2) is 6.05. The average Bonchev–Trinajstić information content (AvgIpc) is 2.39. The molecule has 0 unspecified atom stereocenters. The minimum atomic E-state index is -0.473. The Morgan fingerprint density at radius 2 is 1.94 bits per heavy atom. The van der Waals surface area contributed by atoms with Crippen molar-refractivity contribution < 1.29 is 0 Å². The Balaban J connectivity index is 2.23. The van der Waals surface area contributed by atoms with Gasteiger partial charge in [0.05, 0.1) is 0 Å². The summed E-state index contributed by atoms with van der Waals surface area (Å²) < 4.78 is 0. The first-order valence-corrected chi connectivity index (χ1v) is 10.1. The fourth-order valence-corrected chi connectivity index (χ4v) is 6.90. The van der Waals surface area contributed by atoms with Crippen LogP contribution in [-0.2, 0) is 12.8 Å². The highest BCUT2D eigenvalue weighted by Crippen LogP contribution is 2.36. The van der Waals surface area contributed by atoms with Crippen molar-refractivity contribution in [1.82, 2.24) is 0 Å². The summed E-state index contributed by atoms with van der Waals surface area (Å²) in [6.45, 7) is 9.50. The van der Waals surface area contributed by atoms with Crippen LogP contribution in [0.3, 0.4) is 0 Å². The van der Waals surface area contributed by atoms with E-state index in [4.69, 9.17) is 0 Å². The van der Waals surface area contributed by atoms with Crippen molar-refractivity contribution in [2.75, 3.05) is 0 Å². The smallest absolute Gasteiger partial charge is 0.0397 e. The summed E-state index contributed by atoms with van der Waals surface area (Å²) in [7, 11) is -0.473. The lowest BCUT2D eigenvalue weighted by atomic mass is 9.84. The highest BCUT2D eigenvalue weighted by molar-refractivity contribution is 6.60. The summed E-state index contributed by atoms with van der Waals surface area (Å²) in [4.78, 5) is 0. The van der Waals surface area contributed by atoms with Gasteiger partial charge >= 0.3 is 0 Å². The first-order valence-electron chi connectivity index (χ1n) is 7.78. The van der Waals surface area contributed by atoms with Crippen LogP contribution in [0.25, 0.3) is 0 Å². The van der Waals surface area contributed by atoms with Crippen LogP contribution < -0.4 is 0 Å². The molecule has 2 rings (SSSR count). The second-order valence-corrected chi connectivity index (χ2v) is 10.3. The Morgan fingerprint density at radius 1 is 1.22 bits per heavy atom. The van der Waals surface area contributed by atoms with Crippen molar-refractivity contribution in [1.29, 1.82) is 0 Å². The molecule has 1 aromatic carbocycles. The van der Waals surface area contributed by atoms with Crippen LogP contribution in [0, 0.1) is 0 Å². The van der Waals surface area contributed by atoms with Crippen LogP contribution in [0.1, 0.15) is 56.7 Å². The molecular formula is C17H28Si. The summed E-state index contributed by atoms with van der Waals surface area (Å²) in [6, 6.07) is 9.99. The zero-order valence-corrected chi connectivity index (χ0v) is 13.7. The van der Waals surface area contributed by atoms with E-state index in [2.05, 4.69) is 45.9 Å². The van der Waals surface area contributed by atoms with Gasteiger partial charge in [-0.2, -0.15) is 0 Å². The van der Waals surface area contributed by atoms with Crippen LogP contribution in [-0.4, -0.2) is 8.80 Å². The molecule has 0 fully saturated rings. The monoisotopic (exact) mass is 260 g/mol. The molecule has 0 radical (unpaired) electrons. The number of hydrogen-bond donors (Lipinski definition) is 0. The fraction of sp³-hybridized carbons (Fsp3) is 0.647. The first kappa shape index (κ1) is 13.9. The maximum Gasteiger partial charge on any atom is 0.0397 e. The van der Waals surface area contributed by atoms with E-state index >= 15 is 0 Å². The van der Waals surface area contributed by atoms with Gasteiger partial charge in [0, 0.05) is 8.80 Å². The molecule has 0 saturated heterocycles. The highest BCUT2D eigenvalue weighted by Gasteiger charge is 2.26. The molecule has 0 nitrogen and oxygen atoms in total. The normalized spacial score (nSPS) is 19.3. The van der Waals surface area contributed by atoms with Crippen LogP contribution in [0.2, 0.25) is 17.6 Å². The highest BCUT2D eigenvalue weighted by atomic mass is 28.3. The third kappa shape index (κ3) is 2.71. The molecule has 0 bridgehead atoms. The van der Waals surface area contributed by atoms with Gasteiger partial charge in [-0.25, -0.2) is 0 Å². The van der Waals surface area contributed by atoms with E-state index in [9.17, 15) is 0 Å². The number of fused-ring (bicyclic) bond motifs is 1. The molecule has 0 amide bonds. The summed E-state index contributed by atoms with van der Waals surface area (Å²) in [5.41, 5.74) is 6.05. The van der Waals surface area contributed by atoms with Crippen LogP contribution in [0.5, 0.6) is 0 Å². The van der Waals surface area contributed by atoms with E-state index in [1.165, 1.54) is 31.4 Å². The number of rotatable bonds is 4. The van der Waals surface area contributed by atoms with E-state index in [1.807, 2.05) is 0 Å². The van der Waals surface area contributed by atoms with Crippen molar-refractivity contribution in [3.05, 3.63) is 34.9 Å². The molecule has 1 atom stereocenters. The molecule has 1 aromatic rings. The molecule has 1 aliphatic rings. The van der Waals surface area contributed by atoms with Gasteiger partial charge in [-0.3, -0.25) is 0 Å². The van der Waals surface area contributed by atoms with E-state index in [-0.39, 0.29) is 0 Å². The molecule has 18 heavy (non-hydrogen) atoms. The van der Waals surface area contributed by atoms with Crippen LogP contribution in [0.15, 0.2) is 18.2 Å². The predicted octanol–water partition coefficient (Wildman–Crippen LogP) is 4.94. The van der Waals surface area contributed by atoms with Crippen molar-refractivity contribution in [2.24, 2.45) is 0 Å². The summed E-state index contributed by atoms with van der Waals surface area (Å²) in [5.74, 6) is 0.682. The zero-order valence-electron chi connectivity index (χ0n) is 12.5. The third-order valence-electron chi connectivity index (χ3n) is 4.89. The van der Waals surface area contributed by atoms with Gasteiger partial charge in [0.1, 0.15) is 0 Å². The first-order chi connectivity index (χ1) is 8.67. The average molecular weight is 260 g/mol. The van der Waals surface area contributed by atoms with Gasteiger partial charge in [0.2, 0.25) is 0 Å². The number of hydrogen-bond acceptors (Lipinski definition) is 0. The standard InChI is InChI=1S/C17H28Si/c1-5-18(6-2)15-10-11-17-14(12-15)8-7-9-16(17)13(3)4/h7-9,13,15,18H,5-6,10-12H2,1-4H3/t15-/m0/s1. The van der Waals surface area contributed by atoms with Crippen molar-refractivity contribution >= 4 is 8.80 Å².